The third-order valence-electron chi connectivity index (χ3n) is 6.36. The number of fused-ring (bicyclic) bond motifs is 2. The first kappa shape index (κ1) is 19.1. The highest BCUT2D eigenvalue weighted by Gasteiger charge is 2.25. The molecule has 4 heteroatoms. The zero-order chi connectivity index (χ0) is 21.5. The second-order valence-corrected chi connectivity index (χ2v) is 8.69. The fraction of sp³-hybridized carbons (Fsp3) is 0.107. The molecule has 0 saturated heterocycles. The Labute approximate surface area is 192 Å². The molecule has 0 bridgehead atoms. The zero-order valence-electron chi connectivity index (χ0n) is 17.5. The fourth-order valence-corrected chi connectivity index (χ4v) is 5.01. The van der Waals surface area contributed by atoms with Crippen molar-refractivity contribution in [2.75, 3.05) is 5.32 Å². The van der Waals surface area contributed by atoms with Crippen molar-refractivity contribution in [1.29, 1.82) is 0 Å². The summed E-state index contributed by atoms with van der Waals surface area (Å²) in [5, 5.41) is 5.84. The van der Waals surface area contributed by atoms with E-state index in [0.29, 0.717) is 0 Å². The number of nitrogens with zero attached hydrogens (tertiary/aromatic N) is 1. The number of benzene rings is 3. The van der Waals surface area contributed by atoms with Gasteiger partial charge in [-0.15, -0.1) is 0 Å². The van der Waals surface area contributed by atoms with Gasteiger partial charge in [0.15, 0.2) is 0 Å². The van der Waals surface area contributed by atoms with E-state index in [1.54, 1.807) is 0 Å². The quantitative estimate of drug-likeness (QED) is 0.313. The standard InChI is InChI=1S/C28H22ClN3/c29-24-10-3-1-7-19(24)13-12-18-6-5-8-20(16-18)27-23-17-31-28-26(23)22(14-15-30-28)21-9-2-4-11-25(21)32-27/h1-11,14-17,27,32H,12-13H2,(H,30,31). The summed E-state index contributed by atoms with van der Waals surface area (Å²) in [5.41, 5.74) is 9.45. The summed E-state index contributed by atoms with van der Waals surface area (Å²) in [7, 11) is 0. The molecule has 6 rings (SSSR count). The number of aromatic amines is 1. The summed E-state index contributed by atoms with van der Waals surface area (Å²) in [4.78, 5) is 7.96. The molecule has 1 aliphatic rings. The van der Waals surface area contributed by atoms with Crippen LogP contribution >= 0.6 is 11.6 Å². The lowest BCUT2D eigenvalue weighted by Gasteiger charge is -2.20. The molecule has 2 N–H and O–H groups in total. The molecule has 0 fully saturated rings. The molecule has 0 spiro atoms. The fourth-order valence-electron chi connectivity index (χ4n) is 4.78. The minimum absolute atomic E-state index is 0.0376. The normalized spacial score (nSPS) is 14.6. The Hall–Kier alpha value is -3.56. The van der Waals surface area contributed by atoms with Crippen LogP contribution in [0.1, 0.15) is 28.3 Å². The number of anilines is 1. The highest BCUT2D eigenvalue weighted by Crippen LogP contribution is 2.43. The number of H-pyrrole nitrogens is 1. The van der Waals surface area contributed by atoms with Crippen molar-refractivity contribution < 1.29 is 0 Å². The lowest BCUT2D eigenvalue weighted by atomic mass is 9.94. The zero-order valence-corrected chi connectivity index (χ0v) is 18.2. The van der Waals surface area contributed by atoms with Gasteiger partial charge in [-0.1, -0.05) is 72.3 Å². The van der Waals surface area contributed by atoms with Crippen LogP contribution in [0.2, 0.25) is 5.02 Å². The first-order chi connectivity index (χ1) is 15.8. The average molecular weight is 436 g/mol. The predicted octanol–water partition coefficient (Wildman–Crippen LogP) is 7.18. The first-order valence-corrected chi connectivity index (χ1v) is 11.3. The maximum atomic E-state index is 6.37. The van der Waals surface area contributed by atoms with E-state index in [2.05, 4.69) is 82.1 Å². The van der Waals surface area contributed by atoms with Gasteiger partial charge in [-0.05, 0) is 53.3 Å². The molecule has 0 aliphatic carbocycles. The summed E-state index contributed by atoms with van der Waals surface area (Å²) in [6.07, 6.45) is 5.85. The van der Waals surface area contributed by atoms with Crippen LogP contribution in [-0.4, -0.2) is 9.97 Å². The van der Waals surface area contributed by atoms with Gasteiger partial charge in [0.25, 0.3) is 0 Å². The highest BCUT2D eigenvalue weighted by molar-refractivity contribution is 6.31. The van der Waals surface area contributed by atoms with Gasteiger partial charge in [0.2, 0.25) is 0 Å². The van der Waals surface area contributed by atoms with E-state index < -0.39 is 0 Å². The number of aromatic nitrogens is 2. The molecule has 156 valence electrons. The summed E-state index contributed by atoms with van der Waals surface area (Å²) in [6, 6.07) is 27.6. The molecular weight excluding hydrogens is 414 g/mol. The Kier molecular flexibility index (Phi) is 4.70. The van der Waals surface area contributed by atoms with Crippen molar-refractivity contribution in [3.63, 3.8) is 0 Å². The summed E-state index contributed by atoms with van der Waals surface area (Å²) < 4.78 is 0. The molecule has 1 atom stereocenters. The summed E-state index contributed by atoms with van der Waals surface area (Å²) >= 11 is 6.37. The van der Waals surface area contributed by atoms with Crippen molar-refractivity contribution >= 4 is 28.3 Å². The minimum Gasteiger partial charge on any atom is -0.374 e. The monoisotopic (exact) mass is 435 g/mol. The van der Waals surface area contributed by atoms with E-state index >= 15 is 0 Å². The molecule has 1 unspecified atom stereocenters. The van der Waals surface area contributed by atoms with E-state index in [1.165, 1.54) is 38.8 Å². The summed E-state index contributed by atoms with van der Waals surface area (Å²) in [5.74, 6) is 0. The molecule has 0 saturated carbocycles. The van der Waals surface area contributed by atoms with Crippen molar-refractivity contribution in [3.05, 3.63) is 119 Å². The van der Waals surface area contributed by atoms with Gasteiger partial charge in [0.1, 0.15) is 5.65 Å². The third kappa shape index (κ3) is 3.26. The molecule has 0 radical (unpaired) electrons. The van der Waals surface area contributed by atoms with Crippen LogP contribution in [0.5, 0.6) is 0 Å². The number of rotatable bonds is 4. The number of halogens is 1. The van der Waals surface area contributed by atoms with E-state index in [1.807, 2.05) is 24.4 Å². The van der Waals surface area contributed by atoms with E-state index in [4.69, 9.17) is 11.6 Å². The van der Waals surface area contributed by atoms with E-state index in [-0.39, 0.29) is 6.04 Å². The van der Waals surface area contributed by atoms with Crippen molar-refractivity contribution in [3.8, 4) is 11.1 Å². The van der Waals surface area contributed by atoms with Crippen LogP contribution in [0.4, 0.5) is 5.69 Å². The number of aryl methyl sites for hydroxylation is 2. The smallest absolute Gasteiger partial charge is 0.138 e. The molecule has 3 nitrogen and oxygen atoms in total. The number of hydrogen-bond acceptors (Lipinski definition) is 2. The van der Waals surface area contributed by atoms with Crippen LogP contribution in [0.3, 0.4) is 0 Å². The number of para-hydroxylation sites is 1. The Bertz CT molecular complexity index is 1440. The van der Waals surface area contributed by atoms with Crippen LogP contribution in [0.15, 0.2) is 91.3 Å². The van der Waals surface area contributed by atoms with E-state index in [9.17, 15) is 0 Å². The average Bonchev–Trinajstić information content (AvgIpc) is 3.20. The SMILES string of the molecule is Clc1ccccc1CCc1cccc(C2Nc3ccccc3-c3ccnc4[nH]cc2c34)c1. The molecule has 1 aliphatic heterocycles. The van der Waals surface area contributed by atoms with Crippen LogP contribution in [0, 0.1) is 0 Å². The van der Waals surface area contributed by atoms with Crippen molar-refractivity contribution in [2.45, 2.75) is 18.9 Å². The van der Waals surface area contributed by atoms with Crippen LogP contribution < -0.4 is 5.32 Å². The van der Waals surface area contributed by atoms with Gasteiger partial charge in [-0.3, -0.25) is 0 Å². The minimum atomic E-state index is 0.0376. The van der Waals surface area contributed by atoms with Gasteiger partial charge >= 0.3 is 0 Å². The number of pyridine rings is 1. The van der Waals surface area contributed by atoms with Crippen LogP contribution in [-0.2, 0) is 12.8 Å². The second-order valence-electron chi connectivity index (χ2n) is 8.29. The lowest BCUT2D eigenvalue weighted by Crippen LogP contribution is -2.11. The topological polar surface area (TPSA) is 40.7 Å². The molecule has 32 heavy (non-hydrogen) atoms. The molecule has 3 heterocycles. The maximum absolute atomic E-state index is 6.37. The van der Waals surface area contributed by atoms with Gasteiger partial charge < -0.3 is 10.3 Å². The van der Waals surface area contributed by atoms with Gasteiger partial charge in [-0.2, -0.15) is 0 Å². The largest absolute Gasteiger partial charge is 0.374 e. The molecular formula is C28H22ClN3. The van der Waals surface area contributed by atoms with Gasteiger partial charge in [-0.25, -0.2) is 4.98 Å². The maximum Gasteiger partial charge on any atom is 0.138 e. The summed E-state index contributed by atoms with van der Waals surface area (Å²) in [6.45, 7) is 0. The number of hydrogen-bond donors (Lipinski definition) is 2. The van der Waals surface area contributed by atoms with Gasteiger partial charge in [0.05, 0.1) is 6.04 Å². The van der Waals surface area contributed by atoms with Crippen LogP contribution in [0.25, 0.3) is 22.2 Å². The Balaban J connectivity index is 1.41. The third-order valence-corrected chi connectivity index (χ3v) is 6.73. The Morgan fingerprint density at radius 1 is 0.844 bits per heavy atom. The van der Waals surface area contributed by atoms with E-state index in [0.717, 1.165) is 29.2 Å². The Morgan fingerprint density at radius 3 is 2.66 bits per heavy atom. The first-order valence-electron chi connectivity index (χ1n) is 10.9. The number of nitrogens with one attached hydrogen (secondary N) is 2. The predicted molar refractivity (Wildman–Crippen MR) is 132 cm³/mol. The molecule has 3 aromatic carbocycles. The lowest BCUT2D eigenvalue weighted by molar-refractivity contribution is 0.923. The second kappa shape index (κ2) is 7.85. The Morgan fingerprint density at radius 2 is 1.72 bits per heavy atom. The van der Waals surface area contributed by atoms with Gasteiger partial charge in [0, 0.05) is 39.6 Å². The van der Waals surface area contributed by atoms with Crippen molar-refractivity contribution in [1.82, 2.24) is 9.97 Å². The molecule has 5 aromatic rings. The molecule has 2 aromatic heterocycles. The highest BCUT2D eigenvalue weighted by atomic mass is 35.5. The molecule has 0 amide bonds. The van der Waals surface area contributed by atoms with Crippen molar-refractivity contribution in [2.24, 2.45) is 0 Å².